The van der Waals surface area contributed by atoms with Crippen LogP contribution in [0.3, 0.4) is 0 Å². The molecule has 1 aromatic carbocycles. The number of benzene rings is 1. The predicted octanol–water partition coefficient (Wildman–Crippen LogP) is 2.01. The zero-order valence-corrected chi connectivity index (χ0v) is 21.4. The van der Waals surface area contributed by atoms with Gasteiger partial charge in [0.25, 0.3) is 0 Å². The van der Waals surface area contributed by atoms with E-state index in [4.69, 9.17) is 9.73 Å². The van der Waals surface area contributed by atoms with Crippen LogP contribution >= 0.6 is 24.0 Å². The summed E-state index contributed by atoms with van der Waals surface area (Å²) in [5.74, 6) is 1.85. The average molecular weight is 543 g/mol. The zero-order valence-electron chi connectivity index (χ0n) is 19.1. The summed E-state index contributed by atoms with van der Waals surface area (Å²) < 4.78 is 5.47. The van der Waals surface area contributed by atoms with Gasteiger partial charge in [-0.2, -0.15) is 0 Å². The number of likely N-dealkylation sites (tertiary alicyclic amines) is 1. The second kappa shape index (κ2) is 12.2. The lowest BCUT2D eigenvalue weighted by molar-refractivity contribution is 0.0154. The Kier molecular flexibility index (Phi) is 9.68. The van der Waals surface area contributed by atoms with Gasteiger partial charge >= 0.3 is 0 Å². The summed E-state index contributed by atoms with van der Waals surface area (Å²) in [5.41, 5.74) is 1.29. The molecule has 7 nitrogen and oxygen atoms in total. The molecule has 0 spiro atoms. The average Bonchev–Trinajstić information content (AvgIpc) is 3.33. The minimum atomic E-state index is 0. The van der Waals surface area contributed by atoms with Gasteiger partial charge in [0, 0.05) is 51.9 Å². The maximum absolute atomic E-state index is 5.47. The number of nitrogens with zero attached hydrogens (tertiary/aromatic N) is 4. The summed E-state index contributed by atoms with van der Waals surface area (Å²) in [5, 5.41) is 7.07. The molecule has 1 aromatic rings. The van der Waals surface area contributed by atoms with Crippen molar-refractivity contribution in [2.75, 3.05) is 72.6 Å². The molecule has 5 rings (SSSR count). The molecule has 0 saturated carbocycles. The van der Waals surface area contributed by atoms with Crippen LogP contribution in [0.4, 0.5) is 0 Å². The van der Waals surface area contributed by atoms with Gasteiger partial charge in [-0.1, -0.05) is 12.1 Å². The van der Waals surface area contributed by atoms with Gasteiger partial charge in [0.1, 0.15) is 5.75 Å². The van der Waals surface area contributed by atoms with Crippen molar-refractivity contribution >= 4 is 29.9 Å². The van der Waals surface area contributed by atoms with Gasteiger partial charge in [0.2, 0.25) is 0 Å². The number of nitrogens with one attached hydrogen (secondary N) is 2. The number of ether oxygens (including phenoxy) is 1. The lowest BCUT2D eigenvalue weighted by Crippen LogP contribution is -2.63. The molecule has 4 saturated heterocycles. The lowest BCUT2D eigenvalue weighted by Gasteiger charge is -2.47. The fourth-order valence-corrected chi connectivity index (χ4v) is 4.99. The van der Waals surface area contributed by atoms with Gasteiger partial charge in [0.15, 0.2) is 5.96 Å². The Balaban J connectivity index is 0.00000272. The van der Waals surface area contributed by atoms with Crippen molar-refractivity contribution in [1.82, 2.24) is 25.3 Å². The first-order chi connectivity index (χ1) is 14.8. The molecule has 0 amide bonds. The molecule has 31 heavy (non-hydrogen) atoms. The van der Waals surface area contributed by atoms with E-state index in [1.54, 1.807) is 7.11 Å². The second-order valence-electron chi connectivity index (χ2n) is 8.63. The van der Waals surface area contributed by atoms with E-state index in [1.165, 1.54) is 51.1 Å². The van der Waals surface area contributed by atoms with E-state index in [-0.39, 0.29) is 24.0 Å². The van der Waals surface area contributed by atoms with E-state index < -0.39 is 0 Å². The Labute approximate surface area is 204 Å². The summed E-state index contributed by atoms with van der Waals surface area (Å²) in [7, 11) is 1.74. The van der Waals surface area contributed by atoms with E-state index in [2.05, 4.69) is 50.5 Å². The summed E-state index contributed by atoms with van der Waals surface area (Å²) in [4.78, 5) is 12.8. The van der Waals surface area contributed by atoms with Crippen molar-refractivity contribution in [2.24, 2.45) is 4.99 Å². The van der Waals surface area contributed by atoms with Crippen LogP contribution in [0.15, 0.2) is 29.3 Å². The van der Waals surface area contributed by atoms with Crippen LogP contribution in [0, 0.1) is 0 Å². The third kappa shape index (κ3) is 6.46. The van der Waals surface area contributed by atoms with E-state index in [9.17, 15) is 0 Å². The lowest BCUT2D eigenvalue weighted by atomic mass is 10.1. The van der Waals surface area contributed by atoms with Crippen LogP contribution < -0.4 is 15.4 Å². The fraction of sp³-hybridized carbons (Fsp3) is 0.696. The monoisotopic (exact) mass is 542 g/mol. The van der Waals surface area contributed by atoms with Crippen molar-refractivity contribution in [1.29, 1.82) is 0 Å². The van der Waals surface area contributed by atoms with Crippen molar-refractivity contribution in [3.8, 4) is 5.75 Å². The number of hydrogen-bond acceptors (Lipinski definition) is 5. The standard InChI is InChI=1S/C23H38N6O.HI/c1-3-24-23(25-16-20-18-27-11-13-28(20)14-12-27)26-17-22(29-9-4-5-10-29)19-7-6-8-21(15-19)30-2;/h6-8,15,20,22H,3-5,9-14,16-18H2,1-2H3,(H2,24,25,26);1H. The van der Waals surface area contributed by atoms with Crippen LogP contribution in [0.2, 0.25) is 0 Å². The number of piperazine rings is 3. The molecule has 2 unspecified atom stereocenters. The van der Waals surface area contributed by atoms with Crippen LogP contribution in [-0.4, -0.2) is 99.3 Å². The summed E-state index contributed by atoms with van der Waals surface area (Å²) in [6.07, 6.45) is 2.55. The van der Waals surface area contributed by atoms with Gasteiger partial charge < -0.3 is 15.4 Å². The Morgan fingerprint density at radius 1 is 1.13 bits per heavy atom. The largest absolute Gasteiger partial charge is 0.497 e. The SMILES string of the molecule is CCNC(=NCC(c1cccc(OC)c1)N1CCCC1)NCC1CN2CCN1CC2.I. The minimum absolute atomic E-state index is 0. The van der Waals surface area contributed by atoms with Gasteiger partial charge in [-0.3, -0.25) is 19.7 Å². The Bertz CT molecular complexity index is 703. The Hall–Kier alpha value is -1.10. The highest BCUT2D eigenvalue weighted by Crippen LogP contribution is 2.28. The molecule has 0 aliphatic carbocycles. The summed E-state index contributed by atoms with van der Waals surface area (Å²) in [6.45, 7) is 13.0. The number of aliphatic imine (C=N–C) groups is 1. The van der Waals surface area contributed by atoms with Crippen LogP contribution in [0.5, 0.6) is 5.75 Å². The van der Waals surface area contributed by atoms with Crippen LogP contribution in [0.1, 0.15) is 31.4 Å². The van der Waals surface area contributed by atoms with Crippen molar-refractivity contribution in [3.05, 3.63) is 29.8 Å². The molecule has 2 atom stereocenters. The minimum Gasteiger partial charge on any atom is -0.497 e. The molecular weight excluding hydrogens is 503 g/mol. The highest BCUT2D eigenvalue weighted by atomic mass is 127. The Morgan fingerprint density at radius 2 is 1.90 bits per heavy atom. The van der Waals surface area contributed by atoms with E-state index >= 15 is 0 Å². The number of hydrogen-bond donors (Lipinski definition) is 2. The normalized spacial score (nSPS) is 26.9. The van der Waals surface area contributed by atoms with Gasteiger partial charge in [-0.25, -0.2) is 0 Å². The number of guanidine groups is 1. The summed E-state index contributed by atoms with van der Waals surface area (Å²) in [6, 6.07) is 9.36. The Morgan fingerprint density at radius 3 is 2.55 bits per heavy atom. The van der Waals surface area contributed by atoms with E-state index in [0.717, 1.165) is 44.4 Å². The molecule has 4 aliphatic heterocycles. The molecule has 0 radical (unpaired) electrons. The van der Waals surface area contributed by atoms with Crippen LogP contribution in [0.25, 0.3) is 0 Å². The van der Waals surface area contributed by atoms with Crippen molar-refractivity contribution < 1.29 is 4.74 Å². The number of fused-ring (bicyclic) bond motifs is 3. The van der Waals surface area contributed by atoms with Crippen molar-refractivity contribution in [3.63, 3.8) is 0 Å². The maximum Gasteiger partial charge on any atom is 0.191 e. The number of methoxy groups -OCH3 is 1. The van der Waals surface area contributed by atoms with Gasteiger partial charge in [-0.05, 0) is 50.6 Å². The first-order valence-electron chi connectivity index (χ1n) is 11.6. The van der Waals surface area contributed by atoms with E-state index in [0.29, 0.717) is 12.1 Å². The molecule has 174 valence electrons. The predicted molar refractivity (Wildman–Crippen MR) is 138 cm³/mol. The van der Waals surface area contributed by atoms with Crippen molar-refractivity contribution in [2.45, 2.75) is 31.8 Å². The highest BCUT2D eigenvalue weighted by molar-refractivity contribution is 14.0. The molecule has 0 aromatic heterocycles. The molecule has 4 heterocycles. The first-order valence-corrected chi connectivity index (χ1v) is 11.6. The van der Waals surface area contributed by atoms with E-state index in [1.807, 2.05) is 6.07 Å². The zero-order chi connectivity index (χ0) is 20.8. The summed E-state index contributed by atoms with van der Waals surface area (Å²) >= 11 is 0. The molecule has 4 fully saturated rings. The highest BCUT2D eigenvalue weighted by Gasteiger charge is 2.31. The number of rotatable bonds is 8. The smallest absolute Gasteiger partial charge is 0.191 e. The molecular formula is C23H39IN6O. The number of halogens is 1. The topological polar surface area (TPSA) is 55.4 Å². The van der Waals surface area contributed by atoms with Gasteiger partial charge in [0.05, 0.1) is 19.7 Å². The van der Waals surface area contributed by atoms with Gasteiger partial charge in [-0.15, -0.1) is 24.0 Å². The third-order valence-corrected chi connectivity index (χ3v) is 6.72. The third-order valence-electron chi connectivity index (χ3n) is 6.72. The molecule has 2 bridgehead atoms. The fourth-order valence-electron chi connectivity index (χ4n) is 4.99. The molecule has 8 heteroatoms. The van der Waals surface area contributed by atoms with Crippen LogP contribution in [-0.2, 0) is 0 Å². The first kappa shape index (κ1) is 24.5. The second-order valence-corrected chi connectivity index (χ2v) is 8.63. The molecule has 2 N–H and O–H groups in total. The molecule has 4 aliphatic rings. The maximum atomic E-state index is 5.47. The quantitative estimate of drug-likeness (QED) is 0.298.